The Morgan fingerprint density at radius 2 is 1.64 bits per heavy atom. The number of carboxylic acids is 1. The van der Waals surface area contributed by atoms with Crippen LogP contribution in [-0.4, -0.2) is 66.7 Å². The van der Waals surface area contributed by atoms with Crippen molar-refractivity contribution in [1.82, 2.24) is 9.62 Å². The van der Waals surface area contributed by atoms with Gasteiger partial charge in [-0.05, 0) is 92.0 Å². The first-order chi connectivity index (χ1) is 19.9. The molecule has 4 rings (SSSR count). The van der Waals surface area contributed by atoms with Crippen molar-refractivity contribution >= 4 is 21.7 Å². The first-order valence-electron chi connectivity index (χ1n) is 14.5. The van der Waals surface area contributed by atoms with Gasteiger partial charge in [0.15, 0.2) is 0 Å². The summed E-state index contributed by atoms with van der Waals surface area (Å²) in [4.78, 5) is 11.5. The summed E-state index contributed by atoms with van der Waals surface area (Å²) < 4.78 is 28.0. The maximum absolute atomic E-state index is 13.4. The number of nitrogens with zero attached hydrogens (tertiary/aromatic N) is 1. The molecular weight excluding hydrogens is 550 g/mol. The number of aliphatic carboxylic acids is 1. The monoisotopic (exact) mass is 593 g/mol. The molecule has 0 spiro atoms. The van der Waals surface area contributed by atoms with Gasteiger partial charge in [-0.25, -0.2) is 13.2 Å². The quantitative estimate of drug-likeness (QED) is 0.212. The second-order valence-corrected chi connectivity index (χ2v) is 14.0. The third kappa shape index (κ3) is 7.98. The second kappa shape index (κ2) is 13.4. The number of hydrogen-bond donors (Lipinski definition) is 4. The first kappa shape index (κ1) is 31.7. The predicted molar refractivity (Wildman–Crippen MR) is 167 cm³/mol. The maximum atomic E-state index is 13.4. The average Bonchev–Trinajstić information content (AvgIpc) is 3.36. The fraction of sp³-hybridized carbons (Fsp3) is 0.424. The van der Waals surface area contributed by atoms with Gasteiger partial charge >= 0.3 is 5.97 Å². The van der Waals surface area contributed by atoms with Gasteiger partial charge in [0.1, 0.15) is 6.04 Å². The molecule has 0 saturated heterocycles. The largest absolute Gasteiger partial charge is 0.480 e. The minimum Gasteiger partial charge on any atom is -0.480 e. The van der Waals surface area contributed by atoms with E-state index in [0.29, 0.717) is 18.0 Å². The van der Waals surface area contributed by atoms with Gasteiger partial charge in [-0.1, -0.05) is 55.5 Å². The van der Waals surface area contributed by atoms with Crippen LogP contribution in [0.5, 0.6) is 0 Å². The molecule has 8 nitrogen and oxygen atoms in total. The van der Waals surface area contributed by atoms with E-state index in [0.717, 1.165) is 30.4 Å². The van der Waals surface area contributed by atoms with Crippen LogP contribution in [0.25, 0.3) is 11.1 Å². The number of hydrogen-bond acceptors (Lipinski definition) is 6. The average molecular weight is 594 g/mol. The number of fused-ring (bicyclic) bond motifs is 1. The minimum absolute atomic E-state index is 0.0347. The summed E-state index contributed by atoms with van der Waals surface area (Å²) in [5.74, 6) is -0.369. The van der Waals surface area contributed by atoms with Crippen molar-refractivity contribution < 1.29 is 23.4 Å². The highest BCUT2D eigenvalue weighted by Gasteiger charge is 2.29. The predicted octanol–water partition coefficient (Wildman–Crippen LogP) is 4.78. The number of rotatable bonds is 14. The van der Waals surface area contributed by atoms with Crippen LogP contribution in [0.15, 0.2) is 77.7 Å². The van der Waals surface area contributed by atoms with Crippen LogP contribution in [-0.2, 0) is 27.7 Å². The Kier molecular flexibility index (Phi) is 10.1. The number of aliphatic hydroxyl groups excluding tert-OH is 1. The third-order valence-electron chi connectivity index (χ3n) is 8.03. The Morgan fingerprint density at radius 1 is 1.00 bits per heavy atom. The molecule has 2 atom stereocenters. The number of carboxylic acid groups (broad SMARTS) is 1. The lowest BCUT2D eigenvalue weighted by molar-refractivity contribution is -0.137. The summed E-state index contributed by atoms with van der Waals surface area (Å²) in [6, 6.07) is 21.8. The zero-order chi connectivity index (χ0) is 30.5. The standard InChI is InChI=1S/C33H43N3O5S/c1-5-31(32(38)39)35-28-15-13-24(14-16-28)27-11-8-12-30(19-27)42(40,41)36(4)22-29(37)21-34-33(2,3)20-23-17-25-9-6-7-10-26(25)18-23/h6-16,19,23,29,31,34-35,37H,5,17-18,20-22H2,1-4H3,(H,38,39). The van der Waals surface area contributed by atoms with E-state index in [4.69, 9.17) is 0 Å². The topological polar surface area (TPSA) is 119 Å². The summed E-state index contributed by atoms with van der Waals surface area (Å²) in [5.41, 5.74) is 4.85. The summed E-state index contributed by atoms with van der Waals surface area (Å²) in [7, 11) is -2.35. The van der Waals surface area contributed by atoms with Crippen molar-refractivity contribution in [3.63, 3.8) is 0 Å². The summed E-state index contributed by atoms with van der Waals surface area (Å²) >= 11 is 0. The molecular formula is C33H43N3O5S. The van der Waals surface area contributed by atoms with E-state index in [-0.39, 0.29) is 23.5 Å². The van der Waals surface area contributed by atoms with Gasteiger partial charge in [0.25, 0.3) is 0 Å². The molecule has 2 unspecified atom stereocenters. The first-order valence-corrected chi connectivity index (χ1v) is 16.0. The van der Waals surface area contributed by atoms with Gasteiger partial charge in [0, 0.05) is 31.4 Å². The highest BCUT2D eigenvalue weighted by molar-refractivity contribution is 7.89. The lowest BCUT2D eigenvalue weighted by Gasteiger charge is -2.31. The van der Waals surface area contributed by atoms with Crippen LogP contribution in [0.1, 0.15) is 44.7 Å². The van der Waals surface area contributed by atoms with Crippen molar-refractivity contribution in [3.8, 4) is 11.1 Å². The number of likely N-dealkylation sites (N-methyl/N-ethyl adjacent to an activating group) is 1. The molecule has 0 aliphatic heterocycles. The normalized spacial score (nSPS) is 15.4. The number of anilines is 1. The number of nitrogens with one attached hydrogen (secondary N) is 2. The Morgan fingerprint density at radius 3 is 2.24 bits per heavy atom. The van der Waals surface area contributed by atoms with Crippen LogP contribution in [0, 0.1) is 5.92 Å². The highest BCUT2D eigenvalue weighted by Crippen LogP contribution is 2.32. The zero-order valence-corrected chi connectivity index (χ0v) is 25.7. The molecule has 0 fully saturated rings. The second-order valence-electron chi connectivity index (χ2n) is 12.0. The molecule has 0 radical (unpaired) electrons. The van der Waals surface area contributed by atoms with E-state index in [1.165, 1.54) is 22.5 Å². The fourth-order valence-electron chi connectivity index (χ4n) is 5.76. The lowest BCUT2D eigenvalue weighted by Crippen LogP contribution is -2.47. The van der Waals surface area contributed by atoms with E-state index in [1.54, 1.807) is 37.3 Å². The maximum Gasteiger partial charge on any atom is 0.326 e. The molecule has 0 heterocycles. The van der Waals surface area contributed by atoms with Crippen molar-refractivity contribution in [2.45, 2.75) is 69.0 Å². The van der Waals surface area contributed by atoms with Crippen molar-refractivity contribution in [1.29, 1.82) is 0 Å². The highest BCUT2D eigenvalue weighted by atomic mass is 32.2. The van der Waals surface area contributed by atoms with Gasteiger partial charge in [0.2, 0.25) is 10.0 Å². The molecule has 1 aliphatic rings. The van der Waals surface area contributed by atoms with Crippen molar-refractivity contribution in [2.24, 2.45) is 5.92 Å². The molecule has 4 N–H and O–H groups in total. The van der Waals surface area contributed by atoms with Gasteiger partial charge in [-0.2, -0.15) is 4.31 Å². The summed E-state index contributed by atoms with van der Waals surface area (Å²) in [6.45, 7) is 6.31. The van der Waals surface area contributed by atoms with Gasteiger partial charge in [-0.15, -0.1) is 0 Å². The Labute approximate surface area is 249 Å². The Bertz CT molecular complexity index is 1450. The molecule has 0 aromatic heterocycles. The molecule has 0 amide bonds. The van der Waals surface area contributed by atoms with E-state index < -0.39 is 28.1 Å². The van der Waals surface area contributed by atoms with E-state index >= 15 is 0 Å². The molecule has 226 valence electrons. The molecule has 3 aromatic carbocycles. The van der Waals surface area contributed by atoms with Crippen LogP contribution in [0.3, 0.4) is 0 Å². The molecule has 0 bridgehead atoms. The number of β-amino-alcohol motifs (C(OH)–C–C–N with tert-alkyl or cyclic N) is 1. The Hall–Kier alpha value is -3.24. The third-order valence-corrected chi connectivity index (χ3v) is 9.85. The van der Waals surface area contributed by atoms with E-state index in [9.17, 15) is 23.4 Å². The van der Waals surface area contributed by atoms with Crippen LogP contribution in [0.4, 0.5) is 5.69 Å². The zero-order valence-electron chi connectivity index (χ0n) is 24.9. The van der Waals surface area contributed by atoms with Gasteiger partial charge in [0.05, 0.1) is 11.0 Å². The summed E-state index contributed by atoms with van der Waals surface area (Å²) in [5, 5.41) is 26.5. The smallest absolute Gasteiger partial charge is 0.326 e. The van der Waals surface area contributed by atoms with E-state index in [1.807, 2.05) is 18.2 Å². The molecule has 9 heteroatoms. The van der Waals surface area contributed by atoms with Crippen LogP contribution >= 0.6 is 0 Å². The molecule has 0 saturated carbocycles. The molecule has 1 aliphatic carbocycles. The van der Waals surface area contributed by atoms with Crippen LogP contribution in [0.2, 0.25) is 0 Å². The molecule has 3 aromatic rings. The number of carbonyl (C=O) groups is 1. The van der Waals surface area contributed by atoms with Crippen LogP contribution < -0.4 is 10.6 Å². The van der Waals surface area contributed by atoms with Gasteiger partial charge in [-0.3, -0.25) is 0 Å². The SMILES string of the molecule is CCC(Nc1ccc(-c2cccc(S(=O)(=O)N(C)CC(O)CNC(C)(C)CC3Cc4ccccc4C3)c2)cc1)C(=O)O. The van der Waals surface area contributed by atoms with Gasteiger partial charge < -0.3 is 20.8 Å². The van der Waals surface area contributed by atoms with Crippen molar-refractivity contribution in [3.05, 3.63) is 83.9 Å². The minimum atomic E-state index is -3.84. The number of aliphatic hydroxyl groups is 1. The van der Waals surface area contributed by atoms with E-state index in [2.05, 4.69) is 48.7 Å². The molecule has 42 heavy (non-hydrogen) atoms. The fourth-order valence-corrected chi connectivity index (χ4v) is 7.01. The van der Waals surface area contributed by atoms with Crippen molar-refractivity contribution in [2.75, 3.05) is 25.5 Å². The lowest BCUT2D eigenvalue weighted by atomic mass is 9.88. The summed E-state index contributed by atoms with van der Waals surface area (Å²) in [6.07, 6.45) is 2.67. The number of sulfonamides is 1. The number of benzene rings is 3. The Balaban J connectivity index is 1.33.